The molecule has 0 radical (unpaired) electrons. The quantitative estimate of drug-likeness (QED) is 0.583. The van der Waals surface area contributed by atoms with E-state index in [1.54, 1.807) is 22.9 Å². The van der Waals surface area contributed by atoms with Gasteiger partial charge in [-0.15, -0.1) is 11.3 Å². The number of halogens is 1. The number of thiazole rings is 1. The highest BCUT2D eigenvalue weighted by atomic mass is 32.1. The number of hydrogen-bond acceptors (Lipinski definition) is 4. The fourth-order valence-electron chi connectivity index (χ4n) is 2.33. The van der Waals surface area contributed by atoms with Crippen LogP contribution in [0.15, 0.2) is 41.9 Å². The lowest BCUT2D eigenvalue weighted by Crippen LogP contribution is -2.00. The molecule has 0 bridgehead atoms. The SMILES string of the molecule is Nc1nc2cc(F)ccc2n1-c1ccc2ncsc2c1. The lowest BCUT2D eigenvalue weighted by Gasteiger charge is -2.06. The van der Waals surface area contributed by atoms with Crippen LogP contribution in [0.1, 0.15) is 0 Å². The van der Waals surface area contributed by atoms with Crippen LogP contribution in [0, 0.1) is 5.82 Å². The van der Waals surface area contributed by atoms with Crippen molar-refractivity contribution in [1.82, 2.24) is 14.5 Å². The van der Waals surface area contributed by atoms with Crippen molar-refractivity contribution >= 4 is 38.5 Å². The molecule has 0 saturated carbocycles. The standard InChI is InChI=1S/C14H9FN4S/c15-8-1-4-12-11(5-8)18-14(16)19(12)9-2-3-10-13(6-9)20-7-17-10/h1-7H,(H2,16,18). The Kier molecular flexibility index (Phi) is 2.28. The summed E-state index contributed by atoms with van der Waals surface area (Å²) in [5, 5.41) is 0. The Morgan fingerprint density at radius 2 is 2.00 bits per heavy atom. The number of rotatable bonds is 1. The van der Waals surface area contributed by atoms with Crippen molar-refractivity contribution < 1.29 is 4.39 Å². The third kappa shape index (κ3) is 1.58. The topological polar surface area (TPSA) is 56.7 Å². The maximum Gasteiger partial charge on any atom is 0.205 e. The summed E-state index contributed by atoms with van der Waals surface area (Å²) >= 11 is 1.57. The molecular weight excluding hydrogens is 275 g/mol. The van der Waals surface area contributed by atoms with Crippen LogP contribution in [0.4, 0.5) is 10.3 Å². The molecule has 0 aliphatic carbocycles. The third-order valence-electron chi connectivity index (χ3n) is 3.22. The number of imidazole rings is 1. The molecule has 6 heteroatoms. The Bertz CT molecular complexity index is 941. The van der Waals surface area contributed by atoms with Gasteiger partial charge in [0.05, 0.1) is 32.4 Å². The second kappa shape index (κ2) is 4.01. The molecule has 2 aromatic carbocycles. The molecule has 0 aliphatic rings. The number of hydrogen-bond donors (Lipinski definition) is 1. The van der Waals surface area contributed by atoms with Crippen molar-refractivity contribution in [1.29, 1.82) is 0 Å². The number of nitrogens with two attached hydrogens (primary N) is 1. The first-order valence-electron chi connectivity index (χ1n) is 5.99. The van der Waals surface area contributed by atoms with Crippen molar-refractivity contribution in [3.05, 3.63) is 47.7 Å². The van der Waals surface area contributed by atoms with Gasteiger partial charge >= 0.3 is 0 Å². The van der Waals surface area contributed by atoms with E-state index in [1.165, 1.54) is 12.1 Å². The second-order valence-corrected chi connectivity index (χ2v) is 5.33. The van der Waals surface area contributed by atoms with Crippen LogP contribution in [0.5, 0.6) is 0 Å². The van der Waals surface area contributed by atoms with Gasteiger partial charge in [-0.2, -0.15) is 0 Å². The van der Waals surface area contributed by atoms with E-state index in [1.807, 2.05) is 22.8 Å². The molecule has 2 N–H and O–H groups in total. The maximum absolute atomic E-state index is 13.2. The van der Waals surface area contributed by atoms with Gasteiger partial charge in [-0.25, -0.2) is 14.4 Å². The number of nitrogens with zero attached hydrogens (tertiary/aromatic N) is 3. The Balaban J connectivity index is 2.03. The van der Waals surface area contributed by atoms with Gasteiger partial charge in [-0.05, 0) is 30.3 Å². The molecule has 0 saturated heterocycles. The van der Waals surface area contributed by atoms with E-state index >= 15 is 0 Å². The van der Waals surface area contributed by atoms with Crippen LogP contribution < -0.4 is 5.73 Å². The normalized spacial score (nSPS) is 11.4. The Labute approximate surface area is 117 Å². The average molecular weight is 284 g/mol. The predicted octanol–water partition coefficient (Wildman–Crippen LogP) is 3.36. The van der Waals surface area contributed by atoms with Crippen LogP contribution in [0.25, 0.3) is 26.9 Å². The van der Waals surface area contributed by atoms with Crippen LogP contribution in [-0.4, -0.2) is 14.5 Å². The molecule has 4 nitrogen and oxygen atoms in total. The summed E-state index contributed by atoms with van der Waals surface area (Å²) < 4.78 is 16.1. The average Bonchev–Trinajstić information content (AvgIpc) is 3.00. The molecule has 98 valence electrons. The summed E-state index contributed by atoms with van der Waals surface area (Å²) in [5.41, 5.74) is 11.0. The minimum absolute atomic E-state index is 0.319. The second-order valence-electron chi connectivity index (χ2n) is 4.44. The van der Waals surface area contributed by atoms with Crippen molar-refractivity contribution in [3.63, 3.8) is 0 Å². The van der Waals surface area contributed by atoms with Crippen molar-refractivity contribution in [3.8, 4) is 5.69 Å². The molecule has 20 heavy (non-hydrogen) atoms. The van der Waals surface area contributed by atoms with Crippen LogP contribution in [0.3, 0.4) is 0 Å². The van der Waals surface area contributed by atoms with Crippen molar-refractivity contribution in [2.24, 2.45) is 0 Å². The van der Waals surface area contributed by atoms with Gasteiger partial charge in [0.25, 0.3) is 0 Å². The summed E-state index contributed by atoms with van der Waals surface area (Å²) in [5.74, 6) is 0.0227. The monoisotopic (exact) mass is 284 g/mol. The fourth-order valence-corrected chi connectivity index (χ4v) is 3.04. The molecule has 0 fully saturated rings. The number of aromatic nitrogens is 3. The molecule has 2 aromatic heterocycles. The highest BCUT2D eigenvalue weighted by Gasteiger charge is 2.11. The molecule has 0 aliphatic heterocycles. The Hall–Kier alpha value is -2.47. The van der Waals surface area contributed by atoms with E-state index in [9.17, 15) is 4.39 Å². The largest absolute Gasteiger partial charge is 0.369 e. The van der Waals surface area contributed by atoms with Crippen molar-refractivity contribution in [2.75, 3.05) is 5.73 Å². The minimum Gasteiger partial charge on any atom is -0.369 e. The van der Waals surface area contributed by atoms with E-state index in [0.717, 1.165) is 21.4 Å². The minimum atomic E-state index is -0.319. The summed E-state index contributed by atoms with van der Waals surface area (Å²) in [6.45, 7) is 0. The smallest absolute Gasteiger partial charge is 0.205 e. The number of fused-ring (bicyclic) bond motifs is 2. The highest BCUT2D eigenvalue weighted by Crippen LogP contribution is 2.27. The maximum atomic E-state index is 13.2. The lowest BCUT2D eigenvalue weighted by atomic mass is 10.2. The molecule has 0 spiro atoms. The van der Waals surface area contributed by atoms with Gasteiger partial charge in [0.15, 0.2) is 0 Å². The molecule has 0 unspecified atom stereocenters. The number of anilines is 1. The number of benzene rings is 2. The summed E-state index contributed by atoms with van der Waals surface area (Å²) in [6.07, 6.45) is 0. The van der Waals surface area contributed by atoms with E-state index in [2.05, 4.69) is 9.97 Å². The fraction of sp³-hybridized carbons (Fsp3) is 0. The first kappa shape index (κ1) is 11.4. The molecular formula is C14H9FN4S. The van der Waals surface area contributed by atoms with Gasteiger partial charge in [0, 0.05) is 6.07 Å². The molecule has 4 aromatic rings. The van der Waals surface area contributed by atoms with E-state index in [4.69, 9.17) is 5.73 Å². The zero-order valence-electron chi connectivity index (χ0n) is 10.2. The van der Waals surface area contributed by atoms with Crippen LogP contribution in [0.2, 0.25) is 0 Å². The van der Waals surface area contributed by atoms with Gasteiger partial charge in [0.2, 0.25) is 5.95 Å². The van der Waals surface area contributed by atoms with Gasteiger partial charge in [-0.3, -0.25) is 4.57 Å². The van der Waals surface area contributed by atoms with Gasteiger partial charge in [0.1, 0.15) is 5.82 Å². The summed E-state index contributed by atoms with van der Waals surface area (Å²) in [7, 11) is 0. The third-order valence-corrected chi connectivity index (χ3v) is 4.01. The lowest BCUT2D eigenvalue weighted by molar-refractivity contribution is 0.629. The van der Waals surface area contributed by atoms with Gasteiger partial charge in [-0.1, -0.05) is 0 Å². The van der Waals surface area contributed by atoms with E-state index < -0.39 is 0 Å². The molecule has 0 atom stereocenters. The predicted molar refractivity (Wildman–Crippen MR) is 78.6 cm³/mol. The van der Waals surface area contributed by atoms with Gasteiger partial charge < -0.3 is 5.73 Å². The van der Waals surface area contributed by atoms with Crippen molar-refractivity contribution in [2.45, 2.75) is 0 Å². The molecule has 0 amide bonds. The highest BCUT2D eigenvalue weighted by molar-refractivity contribution is 7.16. The Morgan fingerprint density at radius 1 is 1.10 bits per heavy atom. The Morgan fingerprint density at radius 3 is 2.90 bits per heavy atom. The summed E-state index contributed by atoms with van der Waals surface area (Å²) in [6, 6.07) is 10.4. The first-order chi connectivity index (χ1) is 9.72. The zero-order chi connectivity index (χ0) is 13.7. The van der Waals surface area contributed by atoms with E-state index in [0.29, 0.717) is 11.5 Å². The van der Waals surface area contributed by atoms with E-state index in [-0.39, 0.29) is 5.82 Å². The number of nitrogen functional groups attached to an aromatic ring is 1. The first-order valence-corrected chi connectivity index (χ1v) is 6.87. The van der Waals surface area contributed by atoms with Crippen LogP contribution >= 0.6 is 11.3 Å². The molecule has 2 heterocycles. The zero-order valence-corrected chi connectivity index (χ0v) is 11.1. The molecule has 4 rings (SSSR count). The van der Waals surface area contributed by atoms with Crippen LogP contribution in [-0.2, 0) is 0 Å². The summed E-state index contributed by atoms with van der Waals surface area (Å²) in [4.78, 5) is 8.46.